The monoisotopic (exact) mass is 341 g/mol. The van der Waals surface area contributed by atoms with E-state index in [0.717, 1.165) is 4.90 Å². The number of benzene rings is 1. The fraction of sp³-hybridized carbons (Fsp3) is 0.562. The topological polar surface area (TPSA) is 54.5 Å². The molecule has 0 aromatic heterocycles. The molecule has 1 saturated heterocycles. The van der Waals surface area contributed by atoms with Gasteiger partial charge in [0.2, 0.25) is 0 Å². The number of sulfone groups is 1. The van der Waals surface area contributed by atoms with Gasteiger partial charge in [-0.25, -0.2) is 8.42 Å². The van der Waals surface area contributed by atoms with Gasteiger partial charge in [-0.1, -0.05) is 13.8 Å². The first-order valence-corrected chi connectivity index (χ1v) is 10.3. The first kappa shape index (κ1) is 17.3. The van der Waals surface area contributed by atoms with Gasteiger partial charge in [-0.2, -0.15) is 0 Å². The van der Waals surface area contributed by atoms with Crippen LogP contribution in [0.5, 0.6) is 0 Å². The number of rotatable bonds is 5. The van der Waals surface area contributed by atoms with Gasteiger partial charge < -0.3 is 4.90 Å². The molecule has 0 spiro atoms. The second-order valence-electron chi connectivity index (χ2n) is 5.84. The van der Waals surface area contributed by atoms with E-state index in [9.17, 15) is 13.2 Å². The summed E-state index contributed by atoms with van der Waals surface area (Å²) < 4.78 is 23.3. The Kier molecular flexibility index (Phi) is 5.55. The van der Waals surface area contributed by atoms with Crippen LogP contribution in [-0.4, -0.2) is 48.6 Å². The van der Waals surface area contributed by atoms with E-state index in [1.807, 2.05) is 31.2 Å². The van der Waals surface area contributed by atoms with Gasteiger partial charge in [0.1, 0.15) is 0 Å². The van der Waals surface area contributed by atoms with Crippen molar-refractivity contribution in [1.82, 2.24) is 4.90 Å². The van der Waals surface area contributed by atoms with Crippen molar-refractivity contribution in [2.75, 3.05) is 18.1 Å². The van der Waals surface area contributed by atoms with Crippen molar-refractivity contribution in [3.8, 4) is 0 Å². The molecule has 122 valence electrons. The summed E-state index contributed by atoms with van der Waals surface area (Å²) in [5.41, 5.74) is 0.624. The normalized spacial score (nSPS) is 20.3. The zero-order valence-electron chi connectivity index (χ0n) is 13.3. The predicted molar refractivity (Wildman–Crippen MR) is 91.2 cm³/mol. The molecule has 2 rings (SSSR count). The van der Waals surface area contributed by atoms with Crippen molar-refractivity contribution in [3.05, 3.63) is 29.8 Å². The van der Waals surface area contributed by atoms with Crippen molar-refractivity contribution >= 4 is 27.5 Å². The maximum atomic E-state index is 12.6. The number of hydrogen-bond donors (Lipinski definition) is 0. The molecule has 0 saturated carbocycles. The zero-order valence-corrected chi connectivity index (χ0v) is 14.9. The average molecular weight is 341 g/mol. The van der Waals surface area contributed by atoms with Gasteiger partial charge in [-0.05, 0) is 37.6 Å². The van der Waals surface area contributed by atoms with Crippen LogP contribution in [-0.2, 0) is 9.84 Å². The first-order valence-electron chi connectivity index (χ1n) is 7.60. The van der Waals surface area contributed by atoms with Crippen LogP contribution in [0.15, 0.2) is 29.2 Å². The lowest BCUT2D eigenvalue weighted by atomic mass is 10.1. The van der Waals surface area contributed by atoms with E-state index in [4.69, 9.17) is 0 Å². The van der Waals surface area contributed by atoms with Crippen LogP contribution in [0.4, 0.5) is 0 Å². The highest BCUT2D eigenvalue weighted by molar-refractivity contribution is 7.99. The van der Waals surface area contributed by atoms with Gasteiger partial charge in [0.25, 0.3) is 5.91 Å². The third-order valence-corrected chi connectivity index (χ3v) is 6.49. The Balaban J connectivity index is 2.11. The smallest absolute Gasteiger partial charge is 0.254 e. The SMILES string of the molecule is CCN(C(=O)c1ccc(SC(C)C)cc1)C1CCS(=O)(=O)C1. The van der Waals surface area contributed by atoms with Gasteiger partial charge in [-0.3, -0.25) is 4.79 Å². The van der Waals surface area contributed by atoms with Crippen LogP contribution in [0, 0.1) is 0 Å². The number of carbonyl (C=O) groups excluding carboxylic acids is 1. The minimum Gasteiger partial charge on any atom is -0.335 e. The molecule has 1 aliphatic heterocycles. The van der Waals surface area contributed by atoms with Crippen LogP contribution in [0.2, 0.25) is 0 Å². The molecule has 1 aromatic rings. The van der Waals surface area contributed by atoms with Crippen LogP contribution in [0.1, 0.15) is 37.6 Å². The lowest BCUT2D eigenvalue weighted by Gasteiger charge is -2.27. The lowest BCUT2D eigenvalue weighted by Crippen LogP contribution is -2.40. The first-order chi connectivity index (χ1) is 10.3. The molecule has 1 unspecified atom stereocenters. The molecule has 1 atom stereocenters. The molecule has 4 nitrogen and oxygen atoms in total. The Morgan fingerprint density at radius 2 is 1.95 bits per heavy atom. The predicted octanol–water partition coefficient (Wildman–Crippen LogP) is 2.84. The van der Waals surface area contributed by atoms with Gasteiger partial charge in [0, 0.05) is 28.3 Å². The highest BCUT2D eigenvalue weighted by Gasteiger charge is 2.34. The Bertz CT molecular complexity index is 623. The maximum Gasteiger partial charge on any atom is 0.254 e. The summed E-state index contributed by atoms with van der Waals surface area (Å²) in [6, 6.07) is 7.39. The summed E-state index contributed by atoms with van der Waals surface area (Å²) in [6.45, 7) is 6.68. The summed E-state index contributed by atoms with van der Waals surface area (Å²) >= 11 is 1.75. The van der Waals surface area contributed by atoms with Crippen LogP contribution in [0.3, 0.4) is 0 Å². The van der Waals surface area contributed by atoms with Gasteiger partial charge in [0.15, 0.2) is 9.84 Å². The summed E-state index contributed by atoms with van der Waals surface area (Å²) in [4.78, 5) is 15.5. The van der Waals surface area contributed by atoms with Crippen LogP contribution in [0.25, 0.3) is 0 Å². The van der Waals surface area contributed by atoms with E-state index in [1.165, 1.54) is 0 Å². The van der Waals surface area contributed by atoms with Crippen molar-refractivity contribution < 1.29 is 13.2 Å². The number of amides is 1. The standard InChI is InChI=1S/C16H23NO3S2/c1-4-17(14-9-10-22(19,20)11-14)16(18)13-5-7-15(8-6-13)21-12(2)3/h5-8,12,14H,4,9-11H2,1-3H3. The Morgan fingerprint density at radius 1 is 1.32 bits per heavy atom. The van der Waals surface area contributed by atoms with Crippen molar-refractivity contribution in [2.45, 2.75) is 43.4 Å². The number of hydrogen-bond acceptors (Lipinski definition) is 4. The highest BCUT2D eigenvalue weighted by atomic mass is 32.2. The molecule has 0 aliphatic carbocycles. The Hall–Kier alpha value is -1.01. The molecule has 0 N–H and O–H groups in total. The fourth-order valence-corrected chi connectivity index (χ4v) is 5.27. The van der Waals surface area contributed by atoms with Crippen molar-refractivity contribution in [2.24, 2.45) is 0 Å². The molecule has 0 bridgehead atoms. The molecule has 1 fully saturated rings. The van der Waals surface area contributed by atoms with Gasteiger partial charge >= 0.3 is 0 Å². The molecule has 1 aromatic carbocycles. The van der Waals surface area contributed by atoms with Gasteiger partial charge in [-0.15, -0.1) is 11.8 Å². The van der Waals surface area contributed by atoms with E-state index < -0.39 is 9.84 Å². The fourth-order valence-electron chi connectivity index (χ4n) is 2.70. The minimum absolute atomic E-state index is 0.0781. The van der Waals surface area contributed by atoms with Crippen molar-refractivity contribution in [3.63, 3.8) is 0 Å². The maximum absolute atomic E-state index is 12.6. The molecule has 1 heterocycles. The number of nitrogens with zero attached hydrogens (tertiary/aromatic N) is 1. The molecular formula is C16H23NO3S2. The quantitative estimate of drug-likeness (QED) is 0.773. The largest absolute Gasteiger partial charge is 0.335 e. The molecular weight excluding hydrogens is 318 g/mol. The molecule has 22 heavy (non-hydrogen) atoms. The average Bonchev–Trinajstić information content (AvgIpc) is 2.80. The molecule has 0 radical (unpaired) electrons. The second kappa shape index (κ2) is 7.04. The molecule has 6 heteroatoms. The molecule has 1 aliphatic rings. The minimum atomic E-state index is -2.98. The molecule has 1 amide bonds. The second-order valence-corrected chi connectivity index (χ2v) is 9.72. The summed E-state index contributed by atoms with van der Waals surface area (Å²) in [6.07, 6.45) is 0.545. The van der Waals surface area contributed by atoms with Crippen LogP contribution >= 0.6 is 11.8 Å². The zero-order chi connectivity index (χ0) is 16.3. The summed E-state index contributed by atoms with van der Waals surface area (Å²) in [7, 11) is -2.98. The van der Waals surface area contributed by atoms with Crippen LogP contribution < -0.4 is 0 Å². The van der Waals surface area contributed by atoms with Crippen molar-refractivity contribution in [1.29, 1.82) is 0 Å². The Labute approximate surface area is 137 Å². The van der Waals surface area contributed by atoms with E-state index in [0.29, 0.717) is 23.8 Å². The van der Waals surface area contributed by atoms with E-state index in [1.54, 1.807) is 16.7 Å². The number of carbonyl (C=O) groups is 1. The van der Waals surface area contributed by atoms with E-state index in [-0.39, 0.29) is 23.5 Å². The number of thioether (sulfide) groups is 1. The van der Waals surface area contributed by atoms with Gasteiger partial charge in [0.05, 0.1) is 11.5 Å². The highest BCUT2D eigenvalue weighted by Crippen LogP contribution is 2.24. The summed E-state index contributed by atoms with van der Waals surface area (Å²) in [5.74, 6) is 0.199. The van der Waals surface area contributed by atoms with E-state index >= 15 is 0 Å². The third kappa shape index (κ3) is 4.26. The Morgan fingerprint density at radius 3 is 2.41 bits per heavy atom. The lowest BCUT2D eigenvalue weighted by molar-refractivity contribution is 0.0708. The van der Waals surface area contributed by atoms with E-state index in [2.05, 4.69) is 13.8 Å². The summed E-state index contributed by atoms with van der Waals surface area (Å²) in [5, 5.41) is 0.498. The third-order valence-electron chi connectivity index (χ3n) is 3.72.